The fraction of sp³-hybridized carbons (Fsp3) is 0.500. The van der Waals surface area contributed by atoms with Gasteiger partial charge in [-0.2, -0.15) is 0 Å². The summed E-state index contributed by atoms with van der Waals surface area (Å²) >= 11 is 0. The summed E-state index contributed by atoms with van der Waals surface area (Å²) in [7, 11) is 0. The first-order valence-corrected chi connectivity index (χ1v) is 5.32. The molecule has 0 aliphatic heterocycles. The highest BCUT2D eigenvalue weighted by Crippen LogP contribution is 2.17. The summed E-state index contributed by atoms with van der Waals surface area (Å²) in [4.78, 5) is 15.4. The van der Waals surface area contributed by atoms with Gasteiger partial charge in [0, 0.05) is 11.9 Å². The Kier molecular flexibility index (Phi) is 3.83. The molecule has 2 N–H and O–H groups in total. The lowest BCUT2D eigenvalue weighted by Crippen LogP contribution is -2.15. The smallest absolute Gasteiger partial charge is 0.250 e. The number of carbonyl (C=O) groups is 1. The number of rotatable bonds is 4. The molecule has 0 atom stereocenters. The van der Waals surface area contributed by atoms with Crippen LogP contribution in [0.4, 0.5) is 0 Å². The van der Waals surface area contributed by atoms with Gasteiger partial charge in [-0.1, -0.05) is 13.3 Å². The average molecular weight is 206 g/mol. The van der Waals surface area contributed by atoms with E-state index in [1.54, 1.807) is 6.20 Å². The molecular formula is C12H18N2O. The van der Waals surface area contributed by atoms with E-state index >= 15 is 0 Å². The summed E-state index contributed by atoms with van der Waals surface area (Å²) in [5.74, 6) is -0.391. The minimum Gasteiger partial charge on any atom is -0.366 e. The molecule has 0 fully saturated rings. The van der Waals surface area contributed by atoms with Gasteiger partial charge in [0.2, 0.25) is 0 Å². The molecule has 0 aliphatic rings. The second-order valence-electron chi connectivity index (χ2n) is 3.83. The zero-order valence-corrected chi connectivity index (χ0v) is 9.63. The predicted molar refractivity (Wildman–Crippen MR) is 60.8 cm³/mol. The first kappa shape index (κ1) is 11.7. The van der Waals surface area contributed by atoms with Crippen molar-refractivity contribution in [2.45, 2.75) is 40.0 Å². The zero-order chi connectivity index (χ0) is 11.4. The second-order valence-corrected chi connectivity index (χ2v) is 3.83. The zero-order valence-electron chi connectivity index (χ0n) is 9.63. The van der Waals surface area contributed by atoms with Crippen molar-refractivity contribution >= 4 is 5.91 Å². The fourth-order valence-electron chi connectivity index (χ4n) is 1.74. The number of hydrogen-bond donors (Lipinski definition) is 1. The summed E-state index contributed by atoms with van der Waals surface area (Å²) < 4.78 is 0. The van der Waals surface area contributed by atoms with E-state index in [-0.39, 0.29) is 0 Å². The van der Waals surface area contributed by atoms with Crippen LogP contribution >= 0.6 is 0 Å². The maximum atomic E-state index is 11.1. The molecule has 3 nitrogen and oxygen atoms in total. The molecule has 1 rings (SSSR count). The van der Waals surface area contributed by atoms with E-state index in [0.717, 1.165) is 30.5 Å². The third-order valence-electron chi connectivity index (χ3n) is 2.73. The molecule has 82 valence electrons. The quantitative estimate of drug-likeness (QED) is 0.820. The van der Waals surface area contributed by atoms with Crippen molar-refractivity contribution in [2.24, 2.45) is 5.73 Å². The average Bonchev–Trinajstić information content (AvgIpc) is 2.17. The minimum absolute atomic E-state index is 0.391. The number of nitrogens with zero attached hydrogens (tertiary/aromatic N) is 1. The highest BCUT2D eigenvalue weighted by atomic mass is 16.1. The van der Waals surface area contributed by atoms with Crippen molar-refractivity contribution < 1.29 is 4.79 Å². The molecule has 0 saturated carbocycles. The molecule has 0 saturated heterocycles. The van der Waals surface area contributed by atoms with E-state index < -0.39 is 5.91 Å². The minimum atomic E-state index is -0.391. The van der Waals surface area contributed by atoms with Gasteiger partial charge in [0.05, 0.1) is 5.56 Å². The third kappa shape index (κ3) is 2.55. The Balaban J connectivity index is 3.12. The van der Waals surface area contributed by atoms with Gasteiger partial charge in [0.25, 0.3) is 5.91 Å². The Hall–Kier alpha value is -1.38. The number of aromatic nitrogens is 1. The van der Waals surface area contributed by atoms with Crippen LogP contribution in [0.15, 0.2) is 6.20 Å². The van der Waals surface area contributed by atoms with Crippen LogP contribution in [0, 0.1) is 13.8 Å². The van der Waals surface area contributed by atoms with Crippen LogP contribution in [0.2, 0.25) is 0 Å². The maximum Gasteiger partial charge on any atom is 0.250 e. The van der Waals surface area contributed by atoms with Gasteiger partial charge in [0.15, 0.2) is 0 Å². The number of nitrogens with two attached hydrogens (primary N) is 1. The summed E-state index contributed by atoms with van der Waals surface area (Å²) in [6, 6.07) is 0. The molecule has 0 radical (unpaired) electrons. The molecule has 1 aromatic rings. The van der Waals surface area contributed by atoms with E-state index in [2.05, 4.69) is 11.9 Å². The number of primary amides is 1. The van der Waals surface area contributed by atoms with Crippen molar-refractivity contribution in [1.82, 2.24) is 4.98 Å². The fourth-order valence-corrected chi connectivity index (χ4v) is 1.74. The van der Waals surface area contributed by atoms with Gasteiger partial charge in [-0.3, -0.25) is 9.78 Å². The van der Waals surface area contributed by atoms with Crippen LogP contribution in [0.3, 0.4) is 0 Å². The van der Waals surface area contributed by atoms with Gasteiger partial charge in [-0.25, -0.2) is 0 Å². The molecule has 1 heterocycles. The standard InChI is InChI=1S/C12H18N2O/c1-4-5-6-10-8(2)11(12(13)15)7-14-9(10)3/h7H,4-6H2,1-3H3,(H2,13,15). The van der Waals surface area contributed by atoms with E-state index in [0.29, 0.717) is 5.56 Å². The number of pyridine rings is 1. The lowest BCUT2D eigenvalue weighted by Gasteiger charge is -2.11. The van der Waals surface area contributed by atoms with Crippen molar-refractivity contribution in [3.63, 3.8) is 0 Å². The highest BCUT2D eigenvalue weighted by molar-refractivity contribution is 5.94. The largest absolute Gasteiger partial charge is 0.366 e. The number of amides is 1. The Morgan fingerprint density at radius 3 is 2.67 bits per heavy atom. The Morgan fingerprint density at radius 2 is 2.13 bits per heavy atom. The van der Waals surface area contributed by atoms with Crippen LogP contribution in [-0.2, 0) is 6.42 Å². The monoisotopic (exact) mass is 206 g/mol. The topological polar surface area (TPSA) is 56.0 Å². The van der Waals surface area contributed by atoms with Crippen molar-refractivity contribution in [2.75, 3.05) is 0 Å². The van der Waals surface area contributed by atoms with E-state index in [9.17, 15) is 4.79 Å². The van der Waals surface area contributed by atoms with E-state index in [1.807, 2.05) is 13.8 Å². The van der Waals surface area contributed by atoms with Gasteiger partial charge < -0.3 is 5.73 Å². The summed E-state index contributed by atoms with van der Waals surface area (Å²) in [5.41, 5.74) is 9.00. The van der Waals surface area contributed by atoms with E-state index in [4.69, 9.17) is 5.73 Å². The molecule has 0 spiro atoms. The summed E-state index contributed by atoms with van der Waals surface area (Å²) in [6.07, 6.45) is 4.80. The van der Waals surface area contributed by atoms with Gasteiger partial charge >= 0.3 is 0 Å². The predicted octanol–water partition coefficient (Wildman–Crippen LogP) is 2.14. The SMILES string of the molecule is CCCCc1c(C)ncc(C(N)=O)c1C. The number of aryl methyl sites for hydroxylation is 1. The maximum absolute atomic E-state index is 11.1. The van der Waals surface area contributed by atoms with Crippen LogP contribution < -0.4 is 5.73 Å². The number of unbranched alkanes of at least 4 members (excludes halogenated alkanes) is 1. The van der Waals surface area contributed by atoms with Crippen molar-refractivity contribution in [3.05, 3.63) is 28.6 Å². The molecule has 1 amide bonds. The van der Waals surface area contributed by atoms with E-state index in [1.165, 1.54) is 5.56 Å². The molecule has 0 aromatic carbocycles. The first-order chi connectivity index (χ1) is 7.07. The Morgan fingerprint density at radius 1 is 1.47 bits per heavy atom. The lowest BCUT2D eigenvalue weighted by molar-refractivity contribution is 0.0999. The third-order valence-corrected chi connectivity index (χ3v) is 2.73. The second kappa shape index (κ2) is 4.91. The highest BCUT2D eigenvalue weighted by Gasteiger charge is 2.11. The lowest BCUT2D eigenvalue weighted by atomic mass is 9.98. The molecule has 0 aliphatic carbocycles. The Labute approximate surface area is 90.7 Å². The van der Waals surface area contributed by atoms with Crippen molar-refractivity contribution in [1.29, 1.82) is 0 Å². The Bertz CT molecular complexity index is 372. The molecule has 0 unspecified atom stereocenters. The van der Waals surface area contributed by atoms with Crippen LogP contribution in [-0.4, -0.2) is 10.9 Å². The van der Waals surface area contributed by atoms with Crippen LogP contribution in [0.1, 0.15) is 46.9 Å². The normalized spacial score (nSPS) is 10.3. The molecular weight excluding hydrogens is 188 g/mol. The molecule has 0 bridgehead atoms. The van der Waals surface area contributed by atoms with Crippen LogP contribution in [0.5, 0.6) is 0 Å². The van der Waals surface area contributed by atoms with Gasteiger partial charge in [0.1, 0.15) is 0 Å². The van der Waals surface area contributed by atoms with Crippen LogP contribution in [0.25, 0.3) is 0 Å². The number of hydrogen-bond acceptors (Lipinski definition) is 2. The molecule has 3 heteroatoms. The van der Waals surface area contributed by atoms with Gasteiger partial charge in [-0.05, 0) is 37.8 Å². The molecule has 1 aromatic heterocycles. The van der Waals surface area contributed by atoms with Crippen molar-refractivity contribution in [3.8, 4) is 0 Å². The first-order valence-electron chi connectivity index (χ1n) is 5.32. The summed E-state index contributed by atoms with van der Waals surface area (Å²) in [6.45, 7) is 6.07. The summed E-state index contributed by atoms with van der Waals surface area (Å²) in [5, 5.41) is 0. The van der Waals surface area contributed by atoms with Gasteiger partial charge in [-0.15, -0.1) is 0 Å². The number of carbonyl (C=O) groups excluding carboxylic acids is 1. The molecule has 15 heavy (non-hydrogen) atoms.